The van der Waals surface area contributed by atoms with Crippen LogP contribution in [0, 0.1) is 25.5 Å². The van der Waals surface area contributed by atoms with Gasteiger partial charge in [-0.05, 0) is 42.9 Å². The summed E-state index contributed by atoms with van der Waals surface area (Å²) in [4.78, 5) is 8.38. The maximum atomic E-state index is 14.7. The van der Waals surface area contributed by atoms with Gasteiger partial charge in [0.1, 0.15) is 17.1 Å². The number of rotatable bonds is 0. The molecule has 2 unspecified atom stereocenters. The molecule has 5 rings (SSSR count). The van der Waals surface area contributed by atoms with Crippen molar-refractivity contribution in [3.05, 3.63) is 46.3 Å². The molecule has 3 N–H and O–H groups in total. The molecule has 3 aromatic rings. The second-order valence-electron chi connectivity index (χ2n) is 9.50. The number of hydrogen-bond donors (Lipinski definition) is 3. The number of nitrogens with zero attached hydrogens (tertiary/aromatic N) is 2. The monoisotopic (exact) mass is 465 g/mol. The molecule has 5 nitrogen and oxygen atoms in total. The normalized spacial score (nSPS) is 23.2. The molecule has 1 aromatic heterocycles. The lowest BCUT2D eigenvalue weighted by Crippen LogP contribution is -2.58. The van der Waals surface area contributed by atoms with Gasteiger partial charge in [0.15, 0.2) is 17.2 Å². The number of anilines is 1. The number of aryl methyl sites for hydroxylation is 2. The minimum Gasteiger partial charge on any atom is -0.507 e. The Bertz CT molecular complexity index is 1370. The summed E-state index contributed by atoms with van der Waals surface area (Å²) in [6.07, 6.45) is -5.84. The topological polar surface area (TPSA) is 78.3 Å². The fourth-order valence-electron chi connectivity index (χ4n) is 5.39. The van der Waals surface area contributed by atoms with Gasteiger partial charge in [0, 0.05) is 22.9 Å². The summed E-state index contributed by atoms with van der Waals surface area (Å²) >= 11 is 0. The summed E-state index contributed by atoms with van der Waals surface area (Å²) in [5, 5.41) is 24.7. The van der Waals surface area contributed by atoms with Crippen molar-refractivity contribution < 1.29 is 32.2 Å². The molecule has 0 saturated heterocycles. The Morgan fingerprint density at radius 2 is 1.79 bits per heavy atom. The van der Waals surface area contributed by atoms with E-state index < -0.39 is 41.3 Å². The van der Waals surface area contributed by atoms with Crippen LogP contribution in [0.3, 0.4) is 0 Å². The number of hydrogen-bond acceptors (Lipinski definition) is 5. The number of alkyl halides is 3. The van der Waals surface area contributed by atoms with Crippen molar-refractivity contribution in [3.63, 3.8) is 0 Å². The number of aromatic nitrogens is 2. The van der Waals surface area contributed by atoms with Crippen molar-refractivity contribution in [3.8, 4) is 17.0 Å². The highest BCUT2D eigenvalue weighted by molar-refractivity contribution is 6.04. The van der Waals surface area contributed by atoms with Crippen molar-refractivity contribution in [1.82, 2.24) is 9.97 Å². The maximum Gasteiger partial charge on any atom is 0.419 e. The van der Waals surface area contributed by atoms with Crippen LogP contribution < -0.4 is 5.32 Å². The van der Waals surface area contributed by atoms with Gasteiger partial charge in [-0.25, -0.2) is 18.7 Å². The van der Waals surface area contributed by atoms with Gasteiger partial charge in [-0.2, -0.15) is 13.2 Å². The van der Waals surface area contributed by atoms with Crippen LogP contribution in [0.1, 0.15) is 48.8 Å². The van der Waals surface area contributed by atoms with Gasteiger partial charge in [-0.15, -0.1) is 0 Å². The average Bonchev–Trinajstić information content (AvgIpc) is 2.80. The third-order valence-electron chi connectivity index (χ3n) is 6.71. The SMILES string of the molecule is Cc1nc2c3c(cc(F)c(F)c3n1)NC1c3c-2cc(C)c(O)c3C(C)(C)CC1(O)C(F)(F)F. The van der Waals surface area contributed by atoms with Crippen molar-refractivity contribution in [2.45, 2.75) is 57.3 Å². The number of aliphatic hydroxyl groups is 1. The molecule has 0 saturated carbocycles. The van der Waals surface area contributed by atoms with Crippen molar-refractivity contribution in [1.29, 1.82) is 0 Å². The van der Waals surface area contributed by atoms with Crippen LogP contribution in [0.5, 0.6) is 5.75 Å². The molecule has 1 aliphatic heterocycles. The van der Waals surface area contributed by atoms with Gasteiger partial charge in [0.2, 0.25) is 0 Å². The Kier molecular flexibility index (Phi) is 4.17. The lowest BCUT2D eigenvalue weighted by atomic mass is 9.62. The summed E-state index contributed by atoms with van der Waals surface area (Å²) in [5.41, 5.74) is -4.25. The highest BCUT2D eigenvalue weighted by Gasteiger charge is 2.65. The number of nitrogens with one attached hydrogen (secondary N) is 1. The minimum absolute atomic E-state index is 0.00326. The third kappa shape index (κ3) is 2.73. The Morgan fingerprint density at radius 1 is 1.12 bits per heavy atom. The van der Waals surface area contributed by atoms with Crippen LogP contribution in [-0.4, -0.2) is 32.0 Å². The van der Waals surface area contributed by atoms with Gasteiger partial charge in [-0.1, -0.05) is 13.8 Å². The van der Waals surface area contributed by atoms with Gasteiger partial charge >= 0.3 is 6.18 Å². The van der Waals surface area contributed by atoms with E-state index in [1.54, 1.807) is 6.92 Å². The van der Waals surface area contributed by atoms with Gasteiger partial charge < -0.3 is 15.5 Å². The molecule has 0 fully saturated rings. The molecule has 2 atom stereocenters. The fraction of sp³-hybridized carbons (Fsp3) is 0.391. The Balaban J connectivity index is 2.02. The number of phenolic OH excluding ortho intramolecular Hbond substituents is 1. The van der Waals surface area contributed by atoms with Crippen LogP contribution in [0.4, 0.5) is 27.6 Å². The van der Waals surface area contributed by atoms with E-state index in [4.69, 9.17) is 0 Å². The highest BCUT2D eigenvalue weighted by atomic mass is 19.4. The number of fused-ring (bicyclic) bond motifs is 1. The zero-order chi connectivity index (χ0) is 24.2. The first-order valence-electron chi connectivity index (χ1n) is 10.3. The summed E-state index contributed by atoms with van der Waals surface area (Å²) in [5.74, 6) is -2.66. The first-order chi connectivity index (χ1) is 15.2. The Labute approximate surface area is 185 Å². The minimum atomic E-state index is -5.08. The second kappa shape index (κ2) is 6.31. The quantitative estimate of drug-likeness (QED) is 0.391. The standard InChI is InChI=1S/C23H20F5N3O2/c1-8-5-10-13-15(19(8)32)21(3,4)7-22(33,23(26,27)28)20(13)31-12-6-11(24)16(25)18-14(12)17(10)29-9(2)30-18/h5-6,20,31-33H,7H2,1-4H3. The van der Waals surface area contributed by atoms with Crippen LogP contribution in [0.2, 0.25) is 0 Å². The van der Waals surface area contributed by atoms with Gasteiger partial charge in [0.05, 0.1) is 17.1 Å². The van der Waals surface area contributed by atoms with Gasteiger partial charge in [-0.3, -0.25) is 0 Å². The average molecular weight is 465 g/mol. The molecule has 174 valence electrons. The Hall–Kier alpha value is -3.01. The first-order valence-corrected chi connectivity index (χ1v) is 10.3. The van der Waals surface area contributed by atoms with E-state index in [0.29, 0.717) is 5.56 Å². The smallest absolute Gasteiger partial charge is 0.419 e. The Morgan fingerprint density at radius 3 is 2.42 bits per heavy atom. The van der Waals surface area contributed by atoms with E-state index in [0.717, 1.165) is 6.07 Å². The van der Waals surface area contributed by atoms with Gasteiger partial charge in [0.25, 0.3) is 0 Å². The fourth-order valence-corrected chi connectivity index (χ4v) is 5.39. The van der Waals surface area contributed by atoms with E-state index in [9.17, 15) is 32.2 Å². The lowest BCUT2D eigenvalue weighted by molar-refractivity contribution is -0.275. The van der Waals surface area contributed by atoms with Crippen LogP contribution in [0.25, 0.3) is 22.2 Å². The molecule has 1 aliphatic carbocycles. The molecule has 0 radical (unpaired) electrons. The van der Waals surface area contributed by atoms with E-state index >= 15 is 0 Å². The van der Waals surface area contributed by atoms with Crippen LogP contribution in [0.15, 0.2) is 12.1 Å². The number of halogens is 5. The number of aromatic hydroxyl groups is 1. The second-order valence-corrected chi connectivity index (χ2v) is 9.50. The summed E-state index contributed by atoms with van der Waals surface area (Å²) in [6, 6.07) is 0.386. The number of phenols is 1. The highest BCUT2D eigenvalue weighted by Crippen LogP contribution is 2.60. The van der Waals surface area contributed by atoms with E-state index in [1.807, 2.05) is 0 Å². The van der Waals surface area contributed by atoms with Crippen molar-refractivity contribution >= 4 is 16.6 Å². The molecular formula is C23H20F5N3O2. The zero-order valence-corrected chi connectivity index (χ0v) is 18.1. The zero-order valence-electron chi connectivity index (χ0n) is 18.1. The van der Waals surface area contributed by atoms with Crippen molar-refractivity contribution in [2.24, 2.45) is 0 Å². The molecule has 10 heteroatoms. The number of benzene rings is 2. The maximum absolute atomic E-state index is 14.7. The summed E-state index contributed by atoms with van der Waals surface area (Å²) < 4.78 is 72.3. The molecule has 2 aromatic carbocycles. The molecule has 33 heavy (non-hydrogen) atoms. The first kappa shape index (κ1) is 21.8. The van der Waals surface area contributed by atoms with Crippen LogP contribution >= 0.6 is 0 Å². The van der Waals surface area contributed by atoms with Crippen LogP contribution in [-0.2, 0) is 5.41 Å². The molecule has 0 amide bonds. The summed E-state index contributed by atoms with van der Waals surface area (Å²) in [6.45, 7) is 6.07. The molecule has 0 spiro atoms. The predicted molar refractivity (Wildman–Crippen MR) is 111 cm³/mol. The predicted octanol–water partition coefficient (Wildman–Crippen LogP) is 5.34. The van der Waals surface area contributed by atoms with E-state index in [1.165, 1.54) is 26.8 Å². The largest absolute Gasteiger partial charge is 0.507 e. The molecule has 0 bridgehead atoms. The molecule has 2 aliphatic rings. The third-order valence-corrected chi connectivity index (χ3v) is 6.71. The molecule has 2 heterocycles. The summed E-state index contributed by atoms with van der Waals surface area (Å²) in [7, 11) is 0. The van der Waals surface area contributed by atoms with Crippen molar-refractivity contribution in [2.75, 3.05) is 5.32 Å². The van der Waals surface area contributed by atoms with E-state index in [2.05, 4.69) is 15.3 Å². The van der Waals surface area contributed by atoms with E-state index in [-0.39, 0.29) is 50.5 Å². The molecular weight excluding hydrogens is 445 g/mol. The lowest BCUT2D eigenvalue weighted by Gasteiger charge is -2.49.